The first-order valence-corrected chi connectivity index (χ1v) is 7.37. The minimum atomic E-state index is -1.04. The molecule has 2 heterocycles. The van der Waals surface area contributed by atoms with Crippen molar-refractivity contribution in [1.82, 2.24) is 9.97 Å². The molecule has 0 amide bonds. The fraction of sp³-hybridized carbons (Fsp3) is 0.357. The van der Waals surface area contributed by atoms with Crippen LogP contribution in [0.2, 0.25) is 0 Å². The molecule has 20 heavy (non-hydrogen) atoms. The molecule has 0 aliphatic rings. The van der Waals surface area contributed by atoms with Crippen LogP contribution in [-0.2, 0) is 0 Å². The molecular formula is C14H17N3O2S. The Bertz CT molecular complexity index is 584. The molecule has 0 saturated heterocycles. The quantitative estimate of drug-likeness (QED) is 0.852. The minimum absolute atomic E-state index is 0.0152. The topological polar surface area (TPSA) is 75.1 Å². The third-order valence-corrected chi connectivity index (χ3v) is 3.83. The van der Waals surface area contributed by atoms with Gasteiger partial charge in [-0.05, 0) is 30.9 Å². The van der Waals surface area contributed by atoms with Gasteiger partial charge in [0.15, 0.2) is 5.69 Å². The first-order chi connectivity index (χ1) is 9.60. The van der Waals surface area contributed by atoms with Gasteiger partial charge in [0.05, 0.1) is 6.04 Å². The van der Waals surface area contributed by atoms with E-state index in [4.69, 9.17) is 5.11 Å². The van der Waals surface area contributed by atoms with Crippen LogP contribution in [0.1, 0.15) is 46.9 Å². The summed E-state index contributed by atoms with van der Waals surface area (Å²) in [7, 11) is 0. The predicted octanol–water partition coefficient (Wildman–Crippen LogP) is 3.50. The van der Waals surface area contributed by atoms with E-state index in [0.717, 1.165) is 12.8 Å². The highest BCUT2D eigenvalue weighted by atomic mass is 32.1. The molecule has 0 spiro atoms. The standard InChI is InChI=1S/C14H17N3O2S/c1-3-5-10(12-6-4-7-20-12)16-14-15-9(2)8-11(17-14)13(18)19/h4,6-8,10H,3,5H2,1-2H3,(H,18,19)(H,15,16,17). The lowest BCUT2D eigenvalue weighted by Crippen LogP contribution is -2.14. The summed E-state index contributed by atoms with van der Waals surface area (Å²) in [5.41, 5.74) is 0.655. The zero-order chi connectivity index (χ0) is 14.5. The number of aromatic nitrogens is 2. The summed E-state index contributed by atoms with van der Waals surface area (Å²) in [6.45, 7) is 3.88. The van der Waals surface area contributed by atoms with Gasteiger partial charge >= 0.3 is 5.97 Å². The third kappa shape index (κ3) is 3.54. The van der Waals surface area contributed by atoms with Crippen molar-refractivity contribution < 1.29 is 9.90 Å². The average molecular weight is 291 g/mol. The van der Waals surface area contributed by atoms with Gasteiger partial charge in [-0.1, -0.05) is 19.4 Å². The maximum atomic E-state index is 11.0. The van der Waals surface area contributed by atoms with Gasteiger partial charge in [0.25, 0.3) is 0 Å². The van der Waals surface area contributed by atoms with Crippen molar-refractivity contribution in [2.24, 2.45) is 0 Å². The van der Waals surface area contributed by atoms with Gasteiger partial charge in [-0.15, -0.1) is 11.3 Å². The van der Waals surface area contributed by atoms with Crippen LogP contribution in [0.5, 0.6) is 0 Å². The van der Waals surface area contributed by atoms with Crippen LogP contribution in [0.3, 0.4) is 0 Å². The third-order valence-electron chi connectivity index (χ3n) is 2.84. The van der Waals surface area contributed by atoms with Gasteiger partial charge in [0.2, 0.25) is 5.95 Å². The van der Waals surface area contributed by atoms with E-state index in [0.29, 0.717) is 11.6 Å². The Morgan fingerprint density at radius 3 is 2.90 bits per heavy atom. The van der Waals surface area contributed by atoms with Crippen LogP contribution in [0.25, 0.3) is 0 Å². The number of hydrogen-bond donors (Lipinski definition) is 2. The predicted molar refractivity (Wildman–Crippen MR) is 79.3 cm³/mol. The second-order valence-corrected chi connectivity index (χ2v) is 5.50. The summed E-state index contributed by atoms with van der Waals surface area (Å²) in [6, 6.07) is 5.65. The van der Waals surface area contributed by atoms with Crippen molar-refractivity contribution in [3.8, 4) is 0 Å². The summed E-state index contributed by atoms with van der Waals surface area (Å²) in [6.07, 6.45) is 1.97. The lowest BCUT2D eigenvalue weighted by atomic mass is 10.1. The zero-order valence-corrected chi connectivity index (χ0v) is 12.3. The summed E-state index contributed by atoms with van der Waals surface area (Å²) < 4.78 is 0. The Balaban J connectivity index is 2.24. The van der Waals surface area contributed by atoms with E-state index >= 15 is 0 Å². The molecular weight excluding hydrogens is 274 g/mol. The molecule has 6 heteroatoms. The monoisotopic (exact) mass is 291 g/mol. The zero-order valence-electron chi connectivity index (χ0n) is 11.5. The van der Waals surface area contributed by atoms with E-state index in [1.165, 1.54) is 10.9 Å². The van der Waals surface area contributed by atoms with Crippen molar-refractivity contribution in [3.05, 3.63) is 39.8 Å². The highest BCUT2D eigenvalue weighted by Crippen LogP contribution is 2.26. The van der Waals surface area contributed by atoms with E-state index < -0.39 is 5.97 Å². The molecule has 0 aromatic carbocycles. The number of carboxylic acids is 1. The van der Waals surface area contributed by atoms with Crippen LogP contribution in [0, 0.1) is 6.92 Å². The molecule has 2 aromatic heterocycles. The first-order valence-electron chi connectivity index (χ1n) is 6.49. The van der Waals surface area contributed by atoms with E-state index in [1.807, 2.05) is 11.4 Å². The van der Waals surface area contributed by atoms with Crippen LogP contribution < -0.4 is 5.32 Å². The number of nitrogens with zero attached hydrogens (tertiary/aromatic N) is 2. The first kappa shape index (κ1) is 14.5. The van der Waals surface area contributed by atoms with E-state index in [-0.39, 0.29) is 11.7 Å². The lowest BCUT2D eigenvalue weighted by molar-refractivity contribution is 0.0690. The van der Waals surface area contributed by atoms with E-state index in [2.05, 4.69) is 28.3 Å². The Morgan fingerprint density at radius 1 is 1.50 bits per heavy atom. The molecule has 2 N–H and O–H groups in total. The van der Waals surface area contributed by atoms with Gasteiger partial charge in [-0.2, -0.15) is 0 Å². The number of anilines is 1. The van der Waals surface area contributed by atoms with E-state index in [9.17, 15) is 4.79 Å². The van der Waals surface area contributed by atoms with Crippen LogP contribution >= 0.6 is 11.3 Å². The summed E-state index contributed by atoms with van der Waals surface area (Å²) in [5, 5.41) is 14.3. The van der Waals surface area contributed by atoms with Crippen molar-refractivity contribution in [3.63, 3.8) is 0 Å². The number of aryl methyl sites for hydroxylation is 1. The van der Waals surface area contributed by atoms with Gasteiger partial charge in [-0.3, -0.25) is 0 Å². The number of thiophene rings is 1. The highest BCUT2D eigenvalue weighted by molar-refractivity contribution is 7.10. The maximum absolute atomic E-state index is 11.0. The molecule has 0 bridgehead atoms. The Labute approximate surface area is 121 Å². The molecule has 0 radical (unpaired) electrons. The molecule has 0 aliphatic heterocycles. The van der Waals surface area contributed by atoms with Gasteiger partial charge in [-0.25, -0.2) is 14.8 Å². The Kier molecular flexibility index (Phi) is 4.68. The molecule has 5 nitrogen and oxygen atoms in total. The van der Waals surface area contributed by atoms with Crippen LogP contribution in [0.15, 0.2) is 23.6 Å². The normalized spacial score (nSPS) is 12.1. The maximum Gasteiger partial charge on any atom is 0.354 e. The lowest BCUT2D eigenvalue weighted by Gasteiger charge is -2.17. The second kappa shape index (κ2) is 6.47. The van der Waals surface area contributed by atoms with Crippen molar-refractivity contribution in [2.45, 2.75) is 32.7 Å². The molecule has 106 valence electrons. The summed E-state index contributed by atoms with van der Waals surface area (Å²) in [5.74, 6) is -0.670. The molecule has 2 aromatic rings. The van der Waals surface area contributed by atoms with Crippen molar-refractivity contribution >= 4 is 23.3 Å². The number of aromatic carboxylic acids is 1. The molecule has 1 unspecified atom stereocenters. The molecule has 0 fully saturated rings. The molecule has 1 atom stereocenters. The van der Waals surface area contributed by atoms with Gasteiger partial charge in [0.1, 0.15) is 0 Å². The van der Waals surface area contributed by atoms with Crippen LogP contribution in [-0.4, -0.2) is 21.0 Å². The highest BCUT2D eigenvalue weighted by Gasteiger charge is 2.15. The van der Waals surface area contributed by atoms with Crippen molar-refractivity contribution in [1.29, 1.82) is 0 Å². The fourth-order valence-electron chi connectivity index (χ4n) is 1.96. The number of carboxylic acid groups (broad SMARTS) is 1. The van der Waals surface area contributed by atoms with E-state index in [1.54, 1.807) is 18.3 Å². The Morgan fingerprint density at radius 2 is 2.30 bits per heavy atom. The summed E-state index contributed by atoms with van der Waals surface area (Å²) >= 11 is 1.67. The van der Waals surface area contributed by atoms with Crippen LogP contribution in [0.4, 0.5) is 5.95 Å². The average Bonchev–Trinajstić information content (AvgIpc) is 2.91. The van der Waals surface area contributed by atoms with Crippen molar-refractivity contribution in [2.75, 3.05) is 5.32 Å². The second-order valence-electron chi connectivity index (χ2n) is 4.52. The van der Waals surface area contributed by atoms with Gasteiger partial charge in [0, 0.05) is 10.6 Å². The number of rotatable bonds is 6. The molecule has 0 aliphatic carbocycles. The largest absolute Gasteiger partial charge is 0.477 e. The fourth-order valence-corrected chi connectivity index (χ4v) is 2.77. The summed E-state index contributed by atoms with van der Waals surface area (Å²) in [4.78, 5) is 20.5. The number of carbonyl (C=O) groups is 1. The van der Waals surface area contributed by atoms with Gasteiger partial charge < -0.3 is 10.4 Å². The molecule has 0 saturated carbocycles. The SMILES string of the molecule is CCCC(Nc1nc(C)cc(C(=O)O)n1)c1cccs1. The molecule has 2 rings (SSSR count). The number of nitrogens with one attached hydrogen (secondary N) is 1. The smallest absolute Gasteiger partial charge is 0.354 e. The number of hydrogen-bond acceptors (Lipinski definition) is 5. The Hall–Kier alpha value is -1.95. The minimum Gasteiger partial charge on any atom is -0.477 e.